The molecule has 4 heteroatoms. The van der Waals surface area contributed by atoms with Crippen LogP contribution in [-0.4, -0.2) is 12.5 Å². The van der Waals surface area contributed by atoms with Gasteiger partial charge in [0.15, 0.2) is 0 Å². The van der Waals surface area contributed by atoms with Gasteiger partial charge in [0, 0.05) is 24.3 Å². The van der Waals surface area contributed by atoms with Crippen LogP contribution in [-0.2, 0) is 22.7 Å². The largest absolute Gasteiger partial charge is 0.377 e. The minimum Gasteiger partial charge on any atom is -0.377 e. The predicted molar refractivity (Wildman–Crippen MR) is 94.1 cm³/mol. The fraction of sp³-hybridized carbons (Fsp3) is 0.211. The van der Waals surface area contributed by atoms with Gasteiger partial charge in [-0.1, -0.05) is 48.0 Å². The molecule has 23 heavy (non-hydrogen) atoms. The number of benzene rings is 2. The van der Waals surface area contributed by atoms with Gasteiger partial charge in [-0.15, -0.1) is 0 Å². The van der Waals surface area contributed by atoms with E-state index in [1.807, 2.05) is 43.3 Å². The number of rotatable bonds is 7. The second kappa shape index (κ2) is 9.13. The smallest absolute Gasteiger partial charge is 0.244 e. The first-order valence-corrected chi connectivity index (χ1v) is 7.93. The van der Waals surface area contributed by atoms with E-state index in [0.29, 0.717) is 24.8 Å². The lowest BCUT2D eigenvalue weighted by Crippen LogP contribution is -2.21. The van der Waals surface area contributed by atoms with E-state index in [0.717, 1.165) is 16.7 Å². The summed E-state index contributed by atoms with van der Waals surface area (Å²) in [5, 5.41) is 3.57. The van der Waals surface area contributed by atoms with Crippen LogP contribution in [0.5, 0.6) is 0 Å². The molecule has 120 valence electrons. The van der Waals surface area contributed by atoms with Gasteiger partial charge >= 0.3 is 0 Å². The van der Waals surface area contributed by atoms with Gasteiger partial charge < -0.3 is 10.1 Å². The van der Waals surface area contributed by atoms with Gasteiger partial charge in [-0.25, -0.2) is 0 Å². The molecule has 2 aromatic carbocycles. The first-order chi connectivity index (χ1) is 11.2. The molecule has 0 aromatic heterocycles. The van der Waals surface area contributed by atoms with E-state index in [1.165, 1.54) is 6.08 Å². The zero-order valence-corrected chi connectivity index (χ0v) is 13.8. The van der Waals surface area contributed by atoms with Crippen molar-refractivity contribution in [1.82, 2.24) is 5.32 Å². The zero-order chi connectivity index (χ0) is 16.5. The average Bonchev–Trinajstić information content (AvgIpc) is 2.58. The third-order valence-corrected chi connectivity index (χ3v) is 3.58. The number of amides is 1. The summed E-state index contributed by atoms with van der Waals surface area (Å²) in [5.41, 5.74) is 3.09. The maximum atomic E-state index is 11.9. The number of ether oxygens (including phenoxy) is 1. The van der Waals surface area contributed by atoms with Crippen LogP contribution in [0.4, 0.5) is 0 Å². The van der Waals surface area contributed by atoms with Crippen LogP contribution in [0.3, 0.4) is 0 Å². The summed E-state index contributed by atoms with van der Waals surface area (Å²) in [4.78, 5) is 11.9. The zero-order valence-electron chi connectivity index (χ0n) is 13.1. The Balaban J connectivity index is 1.90. The van der Waals surface area contributed by atoms with Gasteiger partial charge in [-0.3, -0.25) is 4.79 Å². The molecule has 0 aliphatic rings. The van der Waals surface area contributed by atoms with Gasteiger partial charge in [0.05, 0.1) is 6.61 Å². The molecule has 0 saturated carbocycles. The SMILES string of the molecule is CCOCc1ccccc1CNC(=O)/C=C/c1ccc(Cl)cc1. The van der Waals surface area contributed by atoms with Crippen molar-refractivity contribution in [2.45, 2.75) is 20.1 Å². The van der Waals surface area contributed by atoms with Gasteiger partial charge in [0.1, 0.15) is 0 Å². The Morgan fingerprint density at radius 2 is 1.83 bits per heavy atom. The third-order valence-electron chi connectivity index (χ3n) is 3.33. The molecule has 0 saturated heterocycles. The molecule has 1 N–H and O–H groups in total. The first kappa shape index (κ1) is 17.3. The Bertz CT molecular complexity index is 665. The maximum Gasteiger partial charge on any atom is 0.244 e. The Kier molecular flexibility index (Phi) is 6.85. The predicted octanol–water partition coefficient (Wildman–Crippen LogP) is 4.21. The highest BCUT2D eigenvalue weighted by Crippen LogP contribution is 2.11. The molecule has 3 nitrogen and oxygen atoms in total. The lowest BCUT2D eigenvalue weighted by Gasteiger charge is -2.09. The number of carbonyl (C=O) groups excluding carboxylic acids is 1. The topological polar surface area (TPSA) is 38.3 Å². The van der Waals surface area contributed by atoms with Crippen LogP contribution < -0.4 is 5.32 Å². The van der Waals surface area contributed by atoms with Crippen LogP contribution in [0.25, 0.3) is 6.08 Å². The van der Waals surface area contributed by atoms with Gasteiger partial charge in [-0.05, 0) is 41.8 Å². The van der Waals surface area contributed by atoms with Crippen molar-refractivity contribution in [2.24, 2.45) is 0 Å². The Hall–Kier alpha value is -2.10. The van der Waals surface area contributed by atoms with E-state index in [2.05, 4.69) is 5.32 Å². The lowest BCUT2D eigenvalue weighted by atomic mass is 10.1. The third kappa shape index (κ3) is 5.89. The summed E-state index contributed by atoms with van der Waals surface area (Å²) in [6.07, 6.45) is 3.28. The van der Waals surface area contributed by atoms with E-state index < -0.39 is 0 Å². The number of carbonyl (C=O) groups is 1. The van der Waals surface area contributed by atoms with Crippen LogP contribution >= 0.6 is 11.6 Å². The van der Waals surface area contributed by atoms with E-state index >= 15 is 0 Å². The Labute approximate surface area is 141 Å². The monoisotopic (exact) mass is 329 g/mol. The van der Waals surface area contributed by atoms with Crippen molar-refractivity contribution in [3.63, 3.8) is 0 Å². The van der Waals surface area contributed by atoms with Gasteiger partial charge in [-0.2, -0.15) is 0 Å². The molecule has 0 aliphatic heterocycles. The van der Waals surface area contributed by atoms with Gasteiger partial charge in [0.2, 0.25) is 5.91 Å². The van der Waals surface area contributed by atoms with Gasteiger partial charge in [0.25, 0.3) is 0 Å². The molecule has 0 fully saturated rings. The molecule has 0 unspecified atom stereocenters. The van der Waals surface area contributed by atoms with Crippen molar-refractivity contribution >= 4 is 23.6 Å². The van der Waals surface area contributed by atoms with E-state index in [9.17, 15) is 4.79 Å². The molecule has 2 rings (SSSR count). The van der Waals surface area contributed by atoms with Crippen molar-refractivity contribution in [3.05, 3.63) is 76.3 Å². The highest BCUT2D eigenvalue weighted by molar-refractivity contribution is 6.30. The summed E-state index contributed by atoms with van der Waals surface area (Å²) >= 11 is 5.83. The highest BCUT2D eigenvalue weighted by Gasteiger charge is 2.03. The number of nitrogens with one attached hydrogen (secondary N) is 1. The minimum absolute atomic E-state index is 0.133. The van der Waals surface area contributed by atoms with Crippen LogP contribution in [0.15, 0.2) is 54.6 Å². The van der Waals surface area contributed by atoms with E-state index in [4.69, 9.17) is 16.3 Å². The molecule has 0 heterocycles. The molecule has 2 aromatic rings. The molecular formula is C19H20ClNO2. The quantitative estimate of drug-likeness (QED) is 0.773. The summed E-state index contributed by atoms with van der Waals surface area (Å²) in [7, 11) is 0. The normalized spacial score (nSPS) is 10.9. The second-order valence-corrected chi connectivity index (χ2v) is 5.44. The molecule has 0 atom stereocenters. The number of halogens is 1. The van der Waals surface area contributed by atoms with Crippen LogP contribution in [0.2, 0.25) is 5.02 Å². The highest BCUT2D eigenvalue weighted by atomic mass is 35.5. The molecule has 1 amide bonds. The number of hydrogen-bond donors (Lipinski definition) is 1. The molecule has 0 aliphatic carbocycles. The molecule has 0 bridgehead atoms. The van der Waals surface area contributed by atoms with E-state index in [-0.39, 0.29) is 5.91 Å². The fourth-order valence-corrected chi connectivity index (χ4v) is 2.20. The van der Waals surface area contributed by atoms with Crippen LogP contribution in [0, 0.1) is 0 Å². The van der Waals surface area contributed by atoms with Crippen LogP contribution in [0.1, 0.15) is 23.6 Å². The van der Waals surface area contributed by atoms with Crippen molar-refractivity contribution in [2.75, 3.05) is 6.61 Å². The summed E-state index contributed by atoms with van der Waals surface area (Å²) in [6.45, 7) is 3.67. The standard InChI is InChI=1S/C19H20ClNO2/c1-2-23-14-17-6-4-3-5-16(17)13-21-19(22)12-9-15-7-10-18(20)11-8-15/h3-12H,2,13-14H2,1H3,(H,21,22)/b12-9+. The summed E-state index contributed by atoms with van der Waals surface area (Å²) in [6, 6.07) is 15.3. The fourth-order valence-electron chi connectivity index (χ4n) is 2.07. The van der Waals surface area contributed by atoms with Crippen molar-refractivity contribution in [1.29, 1.82) is 0 Å². The molecule has 0 spiro atoms. The van der Waals surface area contributed by atoms with Crippen molar-refractivity contribution < 1.29 is 9.53 Å². The second-order valence-electron chi connectivity index (χ2n) is 5.01. The Morgan fingerprint density at radius 1 is 1.13 bits per heavy atom. The first-order valence-electron chi connectivity index (χ1n) is 7.55. The maximum absolute atomic E-state index is 11.9. The minimum atomic E-state index is -0.133. The van der Waals surface area contributed by atoms with Crippen molar-refractivity contribution in [3.8, 4) is 0 Å². The lowest BCUT2D eigenvalue weighted by molar-refractivity contribution is -0.116. The molecule has 0 radical (unpaired) electrons. The Morgan fingerprint density at radius 3 is 2.52 bits per heavy atom. The molecular weight excluding hydrogens is 310 g/mol. The van der Waals surface area contributed by atoms with E-state index in [1.54, 1.807) is 18.2 Å². The summed E-state index contributed by atoms with van der Waals surface area (Å²) in [5.74, 6) is -0.133. The average molecular weight is 330 g/mol. The number of hydrogen-bond acceptors (Lipinski definition) is 2. The summed E-state index contributed by atoms with van der Waals surface area (Å²) < 4.78 is 5.44.